The van der Waals surface area contributed by atoms with Gasteiger partial charge < -0.3 is 20.9 Å². The highest BCUT2D eigenvalue weighted by Gasteiger charge is 2.33. The van der Waals surface area contributed by atoms with E-state index in [0.29, 0.717) is 17.3 Å². The van der Waals surface area contributed by atoms with E-state index >= 15 is 0 Å². The Hall–Kier alpha value is -3.53. The van der Waals surface area contributed by atoms with Gasteiger partial charge in [-0.25, -0.2) is 14.8 Å². The van der Waals surface area contributed by atoms with Crippen molar-refractivity contribution in [3.05, 3.63) is 64.9 Å². The van der Waals surface area contributed by atoms with Crippen molar-refractivity contribution < 1.29 is 18.0 Å². The van der Waals surface area contributed by atoms with Gasteiger partial charge in [0, 0.05) is 36.2 Å². The lowest BCUT2D eigenvalue weighted by Gasteiger charge is -2.20. The summed E-state index contributed by atoms with van der Waals surface area (Å²) < 4.78 is 39.0. The van der Waals surface area contributed by atoms with Crippen LogP contribution in [0.15, 0.2) is 48.5 Å². The lowest BCUT2D eigenvalue weighted by Crippen LogP contribution is -2.23. The maximum absolute atomic E-state index is 13.0. The predicted octanol–water partition coefficient (Wildman–Crippen LogP) is 6.69. The van der Waals surface area contributed by atoms with Crippen LogP contribution in [0.2, 0.25) is 5.02 Å². The standard InChI is InChI=1S/C23H24ClF3N6O/c1-4-33(5-2)21-13-20(28-14(3)29-21)30-15-6-8-16(9-7-15)31-22(34)32-17-10-11-19(24)18(12-17)23(25,26)27/h6-13H,4-5H2,1-3H3,(H,28,29,30)(H2,31,32,34). The van der Waals surface area contributed by atoms with Crippen molar-refractivity contribution in [3.8, 4) is 0 Å². The molecule has 2 amide bonds. The Labute approximate surface area is 200 Å². The van der Waals surface area contributed by atoms with Crippen molar-refractivity contribution in [1.29, 1.82) is 0 Å². The van der Waals surface area contributed by atoms with E-state index in [9.17, 15) is 18.0 Å². The molecule has 0 bridgehead atoms. The fourth-order valence-electron chi connectivity index (χ4n) is 3.22. The minimum Gasteiger partial charge on any atom is -0.357 e. The molecule has 3 aromatic rings. The first-order valence-corrected chi connectivity index (χ1v) is 10.9. The molecule has 3 N–H and O–H groups in total. The van der Waals surface area contributed by atoms with E-state index in [1.807, 2.05) is 13.0 Å². The number of alkyl halides is 3. The second kappa shape index (κ2) is 10.6. The number of hydrogen-bond acceptors (Lipinski definition) is 5. The maximum Gasteiger partial charge on any atom is 0.417 e. The summed E-state index contributed by atoms with van der Waals surface area (Å²) >= 11 is 5.60. The quantitative estimate of drug-likeness (QED) is 0.342. The van der Waals surface area contributed by atoms with E-state index in [4.69, 9.17) is 11.6 Å². The fraction of sp³-hybridized carbons (Fsp3) is 0.261. The summed E-state index contributed by atoms with van der Waals surface area (Å²) in [4.78, 5) is 23.2. The average molecular weight is 493 g/mol. The number of amides is 2. The van der Waals surface area contributed by atoms with Crippen molar-refractivity contribution in [2.45, 2.75) is 26.9 Å². The minimum atomic E-state index is -4.62. The Balaban J connectivity index is 1.65. The van der Waals surface area contributed by atoms with Crippen LogP contribution >= 0.6 is 11.6 Å². The van der Waals surface area contributed by atoms with Crippen LogP contribution in [0.5, 0.6) is 0 Å². The van der Waals surface area contributed by atoms with Gasteiger partial charge in [0.2, 0.25) is 0 Å². The van der Waals surface area contributed by atoms with Gasteiger partial charge in [-0.15, -0.1) is 0 Å². The van der Waals surface area contributed by atoms with E-state index < -0.39 is 22.8 Å². The average Bonchev–Trinajstić information content (AvgIpc) is 2.76. The van der Waals surface area contributed by atoms with Gasteiger partial charge in [-0.3, -0.25) is 0 Å². The molecule has 7 nitrogen and oxygen atoms in total. The third-order valence-corrected chi connectivity index (χ3v) is 5.19. The predicted molar refractivity (Wildman–Crippen MR) is 129 cm³/mol. The monoisotopic (exact) mass is 492 g/mol. The summed E-state index contributed by atoms with van der Waals surface area (Å²) in [5.74, 6) is 2.10. The third kappa shape index (κ3) is 6.50. The molecule has 1 aromatic heterocycles. The normalized spacial score (nSPS) is 11.1. The molecule has 34 heavy (non-hydrogen) atoms. The van der Waals surface area contributed by atoms with E-state index in [0.717, 1.165) is 36.7 Å². The maximum atomic E-state index is 13.0. The largest absolute Gasteiger partial charge is 0.417 e. The number of nitrogens with zero attached hydrogens (tertiary/aromatic N) is 3. The molecule has 0 atom stereocenters. The summed E-state index contributed by atoms with van der Waals surface area (Å²) in [6, 6.07) is 11.1. The van der Waals surface area contributed by atoms with Crippen molar-refractivity contribution in [3.63, 3.8) is 0 Å². The number of aryl methyl sites for hydroxylation is 1. The first kappa shape index (κ1) is 25.1. The van der Waals surface area contributed by atoms with Crippen LogP contribution in [0.25, 0.3) is 0 Å². The lowest BCUT2D eigenvalue weighted by molar-refractivity contribution is -0.137. The molecule has 0 saturated heterocycles. The minimum absolute atomic E-state index is 0.0318. The number of anilines is 5. The van der Waals surface area contributed by atoms with Gasteiger partial charge in [0.05, 0.1) is 10.6 Å². The SMILES string of the molecule is CCN(CC)c1cc(Nc2ccc(NC(=O)Nc3ccc(Cl)c(C(F)(F)F)c3)cc2)nc(C)n1. The first-order chi connectivity index (χ1) is 16.1. The molecule has 0 aliphatic carbocycles. The molecular weight excluding hydrogens is 469 g/mol. The molecule has 2 aromatic carbocycles. The second-order valence-corrected chi connectivity index (χ2v) is 7.71. The summed E-state index contributed by atoms with van der Waals surface area (Å²) in [7, 11) is 0. The number of urea groups is 1. The molecule has 0 saturated carbocycles. The van der Waals surface area contributed by atoms with Gasteiger partial charge in [0.25, 0.3) is 0 Å². The number of aromatic nitrogens is 2. The summed E-state index contributed by atoms with van der Waals surface area (Å²) in [5, 5.41) is 7.72. The number of nitrogens with one attached hydrogen (secondary N) is 3. The number of carbonyl (C=O) groups is 1. The van der Waals surface area contributed by atoms with Crippen LogP contribution in [0.3, 0.4) is 0 Å². The van der Waals surface area contributed by atoms with Gasteiger partial charge in [-0.1, -0.05) is 11.6 Å². The zero-order valence-electron chi connectivity index (χ0n) is 18.8. The molecule has 0 aliphatic heterocycles. The first-order valence-electron chi connectivity index (χ1n) is 10.5. The number of halogens is 4. The van der Waals surface area contributed by atoms with Crippen molar-refractivity contribution >= 4 is 46.3 Å². The van der Waals surface area contributed by atoms with Gasteiger partial charge in [-0.2, -0.15) is 13.2 Å². The van der Waals surface area contributed by atoms with Crippen molar-refractivity contribution in [2.24, 2.45) is 0 Å². The summed E-state index contributed by atoms with van der Waals surface area (Å²) in [5.41, 5.74) is 0.139. The molecule has 180 valence electrons. The summed E-state index contributed by atoms with van der Waals surface area (Å²) in [6.45, 7) is 7.57. The van der Waals surface area contributed by atoms with E-state index in [1.165, 1.54) is 6.07 Å². The topological polar surface area (TPSA) is 82.2 Å². The van der Waals surface area contributed by atoms with Crippen LogP contribution in [0, 0.1) is 6.92 Å². The molecule has 0 radical (unpaired) electrons. The van der Waals surface area contributed by atoms with E-state index in [2.05, 4.69) is 44.7 Å². The number of rotatable bonds is 7. The van der Waals surface area contributed by atoms with Crippen LogP contribution in [-0.2, 0) is 6.18 Å². The number of benzene rings is 2. The van der Waals surface area contributed by atoms with Gasteiger partial charge in [0.1, 0.15) is 17.5 Å². The Morgan fingerprint density at radius 3 is 2.15 bits per heavy atom. The van der Waals surface area contributed by atoms with Crippen LogP contribution in [-0.4, -0.2) is 29.1 Å². The molecule has 0 aliphatic rings. The van der Waals surface area contributed by atoms with Crippen LogP contribution in [0.1, 0.15) is 25.2 Å². The number of hydrogen-bond donors (Lipinski definition) is 3. The molecule has 11 heteroatoms. The molecule has 0 fully saturated rings. The third-order valence-electron chi connectivity index (χ3n) is 4.86. The Kier molecular flexibility index (Phi) is 7.83. The van der Waals surface area contributed by atoms with Crippen molar-refractivity contribution in [2.75, 3.05) is 33.9 Å². The van der Waals surface area contributed by atoms with Gasteiger partial charge in [-0.05, 0) is 63.2 Å². The second-order valence-electron chi connectivity index (χ2n) is 7.30. The summed E-state index contributed by atoms with van der Waals surface area (Å²) in [6.07, 6.45) is -4.62. The Morgan fingerprint density at radius 2 is 1.53 bits per heavy atom. The molecule has 1 heterocycles. The van der Waals surface area contributed by atoms with E-state index in [1.54, 1.807) is 24.3 Å². The molecular formula is C23H24ClF3N6O. The Morgan fingerprint density at radius 1 is 0.941 bits per heavy atom. The zero-order valence-corrected chi connectivity index (χ0v) is 19.6. The highest BCUT2D eigenvalue weighted by atomic mass is 35.5. The van der Waals surface area contributed by atoms with Gasteiger partial charge >= 0.3 is 12.2 Å². The molecule has 0 spiro atoms. The van der Waals surface area contributed by atoms with Crippen molar-refractivity contribution in [1.82, 2.24) is 9.97 Å². The highest BCUT2D eigenvalue weighted by molar-refractivity contribution is 6.31. The Bertz CT molecular complexity index is 1150. The smallest absolute Gasteiger partial charge is 0.357 e. The fourth-order valence-corrected chi connectivity index (χ4v) is 3.45. The van der Waals surface area contributed by atoms with Crippen LogP contribution in [0.4, 0.5) is 46.7 Å². The zero-order chi connectivity index (χ0) is 24.9. The highest BCUT2D eigenvalue weighted by Crippen LogP contribution is 2.36. The van der Waals surface area contributed by atoms with Gasteiger partial charge in [0.15, 0.2) is 0 Å². The van der Waals surface area contributed by atoms with Crippen LogP contribution < -0.4 is 20.9 Å². The molecule has 0 unspecified atom stereocenters. The number of carbonyl (C=O) groups excluding carboxylic acids is 1. The lowest BCUT2D eigenvalue weighted by atomic mass is 10.2. The van der Waals surface area contributed by atoms with E-state index in [-0.39, 0.29) is 5.69 Å². The molecule has 3 rings (SSSR count).